The normalized spacial score (nSPS) is 12.0. The van der Waals surface area contributed by atoms with Crippen molar-refractivity contribution in [2.24, 2.45) is 0 Å². The molecule has 1 aromatic rings. The van der Waals surface area contributed by atoms with E-state index in [0.29, 0.717) is 11.3 Å². The van der Waals surface area contributed by atoms with Crippen molar-refractivity contribution in [3.8, 4) is 11.5 Å². The van der Waals surface area contributed by atoms with Crippen LogP contribution in [-0.4, -0.2) is 10.2 Å². The first-order chi connectivity index (χ1) is 8.20. The molecule has 0 unspecified atom stereocenters. The van der Waals surface area contributed by atoms with Gasteiger partial charge in [-0.3, -0.25) is 0 Å². The van der Waals surface area contributed by atoms with Gasteiger partial charge < -0.3 is 15.5 Å². The zero-order valence-corrected chi connectivity index (χ0v) is 10.3. The van der Waals surface area contributed by atoms with Gasteiger partial charge >= 0.3 is 0 Å². The Morgan fingerprint density at radius 1 is 1.29 bits per heavy atom. The summed E-state index contributed by atoms with van der Waals surface area (Å²) >= 11 is 0. The van der Waals surface area contributed by atoms with Crippen molar-refractivity contribution in [1.82, 2.24) is 5.32 Å². The fraction of sp³-hybridized carbons (Fsp3) is 0.286. The average molecular weight is 233 g/mol. The van der Waals surface area contributed by atoms with Crippen LogP contribution >= 0.6 is 0 Å². The van der Waals surface area contributed by atoms with E-state index in [1.54, 1.807) is 18.2 Å². The second kappa shape index (κ2) is 6.63. The molecule has 0 aromatic heterocycles. The summed E-state index contributed by atoms with van der Waals surface area (Å²) in [6, 6.07) is 4.71. The predicted octanol–water partition coefficient (Wildman–Crippen LogP) is 3.36. The van der Waals surface area contributed by atoms with Crippen molar-refractivity contribution in [3.63, 3.8) is 0 Å². The van der Waals surface area contributed by atoms with Crippen LogP contribution in [0, 0.1) is 0 Å². The number of allylic oxidation sites excluding steroid dienone is 2. The Morgan fingerprint density at radius 3 is 2.47 bits per heavy atom. The molecule has 0 bridgehead atoms. The fourth-order valence-corrected chi connectivity index (χ4v) is 1.50. The molecule has 3 heteroatoms. The molecule has 1 aromatic carbocycles. The first-order valence-electron chi connectivity index (χ1n) is 5.79. The van der Waals surface area contributed by atoms with Crippen LogP contribution in [0.4, 0.5) is 0 Å². The number of hydrogen-bond donors (Lipinski definition) is 3. The van der Waals surface area contributed by atoms with Crippen LogP contribution in [0.5, 0.6) is 11.5 Å². The third kappa shape index (κ3) is 3.55. The van der Waals surface area contributed by atoms with Gasteiger partial charge in [-0.1, -0.05) is 31.6 Å². The molecule has 0 saturated heterocycles. The largest absolute Gasteiger partial charge is 0.507 e. The summed E-state index contributed by atoms with van der Waals surface area (Å²) in [5.74, 6) is 0.129. The first kappa shape index (κ1) is 13.2. The van der Waals surface area contributed by atoms with Crippen molar-refractivity contribution in [2.45, 2.75) is 26.7 Å². The van der Waals surface area contributed by atoms with Crippen molar-refractivity contribution in [3.05, 3.63) is 42.1 Å². The number of phenols is 2. The lowest BCUT2D eigenvalue weighted by atomic mass is 10.1. The Morgan fingerprint density at radius 2 is 1.94 bits per heavy atom. The van der Waals surface area contributed by atoms with Gasteiger partial charge in [0.1, 0.15) is 11.5 Å². The maximum Gasteiger partial charge on any atom is 0.128 e. The van der Waals surface area contributed by atoms with Gasteiger partial charge in [-0.15, -0.1) is 0 Å². The molecule has 0 aliphatic heterocycles. The standard InChI is InChI=1S/C14H19NO2/c1-3-5-6-10-15-11(4-2)14-12(16)8-7-9-13(14)17/h4,6-10,15-17H,3,5H2,1-2H3/b10-6+,11-4-. The summed E-state index contributed by atoms with van der Waals surface area (Å²) in [5, 5.41) is 22.5. The van der Waals surface area contributed by atoms with E-state index < -0.39 is 0 Å². The van der Waals surface area contributed by atoms with Gasteiger partial charge in [0.15, 0.2) is 0 Å². The number of phenolic OH excluding ortho intramolecular Hbond substituents is 2. The Labute approximate surface area is 102 Å². The summed E-state index contributed by atoms with van der Waals surface area (Å²) in [5.41, 5.74) is 1.11. The number of nitrogens with one attached hydrogen (secondary N) is 1. The molecule has 0 aliphatic carbocycles. The third-order valence-corrected chi connectivity index (χ3v) is 2.39. The number of aromatic hydroxyl groups is 2. The van der Waals surface area contributed by atoms with Crippen molar-refractivity contribution in [1.29, 1.82) is 0 Å². The molecule has 3 nitrogen and oxygen atoms in total. The monoisotopic (exact) mass is 233 g/mol. The fourth-order valence-electron chi connectivity index (χ4n) is 1.50. The van der Waals surface area contributed by atoms with Crippen LogP contribution in [-0.2, 0) is 0 Å². The molecular weight excluding hydrogens is 214 g/mol. The maximum absolute atomic E-state index is 9.73. The van der Waals surface area contributed by atoms with Gasteiger partial charge in [0.2, 0.25) is 0 Å². The Hall–Kier alpha value is -1.90. The van der Waals surface area contributed by atoms with Crippen LogP contribution in [0.1, 0.15) is 32.3 Å². The highest BCUT2D eigenvalue weighted by atomic mass is 16.3. The van der Waals surface area contributed by atoms with Gasteiger partial charge in [0.05, 0.1) is 5.56 Å². The Kier molecular flexibility index (Phi) is 5.14. The molecule has 0 spiro atoms. The molecule has 0 saturated carbocycles. The molecule has 17 heavy (non-hydrogen) atoms. The van der Waals surface area contributed by atoms with Crippen LogP contribution in [0.2, 0.25) is 0 Å². The van der Waals surface area contributed by atoms with E-state index >= 15 is 0 Å². The SMILES string of the molecule is C/C=C(\N/C=C/CCC)c1c(O)cccc1O. The smallest absolute Gasteiger partial charge is 0.128 e. The molecule has 0 heterocycles. The number of hydrogen-bond acceptors (Lipinski definition) is 3. The topological polar surface area (TPSA) is 52.5 Å². The zero-order chi connectivity index (χ0) is 12.7. The predicted molar refractivity (Wildman–Crippen MR) is 70.6 cm³/mol. The van der Waals surface area contributed by atoms with Crippen LogP contribution in [0.15, 0.2) is 36.6 Å². The summed E-state index contributed by atoms with van der Waals surface area (Å²) in [6.07, 6.45) is 7.73. The summed E-state index contributed by atoms with van der Waals surface area (Å²) in [7, 11) is 0. The van der Waals surface area contributed by atoms with Gasteiger partial charge in [-0.25, -0.2) is 0 Å². The number of unbranched alkanes of at least 4 members (excludes halogenated alkanes) is 1. The minimum absolute atomic E-state index is 0.0643. The van der Waals surface area contributed by atoms with Crippen molar-refractivity contribution >= 4 is 5.70 Å². The van der Waals surface area contributed by atoms with E-state index in [-0.39, 0.29) is 11.5 Å². The summed E-state index contributed by atoms with van der Waals surface area (Å²) < 4.78 is 0. The molecule has 92 valence electrons. The van der Waals surface area contributed by atoms with Crippen LogP contribution < -0.4 is 5.32 Å². The Bertz CT molecular complexity index is 402. The van der Waals surface area contributed by atoms with Crippen LogP contribution in [0.25, 0.3) is 5.70 Å². The summed E-state index contributed by atoms with van der Waals surface area (Å²) in [6.45, 7) is 3.96. The highest BCUT2D eigenvalue weighted by molar-refractivity contribution is 5.73. The minimum Gasteiger partial charge on any atom is -0.507 e. The molecule has 0 aliphatic rings. The molecule has 0 atom stereocenters. The Balaban J connectivity index is 2.88. The van der Waals surface area contributed by atoms with E-state index in [1.165, 1.54) is 0 Å². The van der Waals surface area contributed by atoms with Gasteiger partial charge in [-0.2, -0.15) is 0 Å². The maximum atomic E-state index is 9.73. The number of rotatable bonds is 5. The molecule has 3 N–H and O–H groups in total. The first-order valence-corrected chi connectivity index (χ1v) is 5.79. The molecule has 1 rings (SSSR count). The number of benzene rings is 1. The van der Waals surface area contributed by atoms with E-state index in [4.69, 9.17) is 0 Å². The second-order valence-electron chi connectivity index (χ2n) is 3.71. The van der Waals surface area contributed by atoms with Gasteiger partial charge in [0, 0.05) is 5.70 Å². The molecular formula is C14H19NO2. The van der Waals surface area contributed by atoms with E-state index in [1.807, 2.05) is 25.3 Å². The van der Waals surface area contributed by atoms with E-state index in [0.717, 1.165) is 12.8 Å². The van der Waals surface area contributed by atoms with Gasteiger partial charge in [-0.05, 0) is 31.7 Å². The highest BCUT2D eigenvalue weighted by Gasteiger charge is 2.10. The highest BCUT2D eigenvalue weighted by Crippen LogP contribution is 2.31. The quantitative estimate of drug-likeness (QED) is 0.731. The van der Waals surface area contributed by atoms with Crippen molar-refractivity contribution in [2.75, 3.05) is 0 Å². The van der Waals surface area contributed by atoms with E-state index in [9.17, 15) is 10.2 Å². The lowest BCUT2D eigenvalue weighted by Gasteiger charge is -2.11. The van der Waals surface area contributed by atoms with E-state index in [2.05, 4.69) is 12.2 Å². The zero-order valence-electron chi connectivity index (χ0n) is 10.3. The molecule has 0 radical (unpaired) electrons. The second-order valence-corrected chi connectivity index (χ2v) is 3.71. The lowest BCUT2D eigenvalue weighted by molar-refractivity contribution is 0.447. The molecule has 0 amide bonds. The van der Waals surface area contributed by atoms with Gasteiger partial charge in [0.25, 0.3) is 0 Å². The summed E-state index contributed by atoms with van der Waals surface area (Å²) in [4.78, 5) is 0. The van der Waals surface area contributed by atoms with Crippen LogP contribution in [0.3, 0.4) is 0 Å². The minimum atomic E-state index is 0.0643. The average Bonchev–Trinajstić information content (AvgIpc) is 2.31. The third-order valence-electron chi connectivity index (χ3n) is 2.39. The van der Waals surface area contributed by atoms with Crippen molar-refractivity contribution < 1.29 is 10.2 Å². The lowest BCUT2D eigenvalue weighted by Crippen LogP contribution is -2.04. The molecule has 0 fully saturated rings.